The van der Waals surface area contributed by atoms with E-state index in [0.717, 1.165) is 38.5 Å². The first-order chi connectivity index (χ1) is 48.3. The maximum Gasteiger partial charge on any atom is 0.220 e. The van der Waals surface area contributed by atoms with Gasteiger partial charge in [-0.3, -0.25) is 4.79 Å². The Morgan fingerprint density at radius 1 is 0.354 bits per heavy atom. The lowest BCUT2D eigenvalue weighted by molar-refractivity contribution is -0.379. The van der Waals surface area contributed by atoms with Crippen molar-refractivity contribution in [2.24, 2.45) is 0 Å². The van der Waals surface area contributed by atoms with E-state index in [0.29, 0.717) is 12.8 Å². The molecule has 3 fully saturated rings. The fourth-order valence-corrected chi connectivity index (χ4v) is 14.2. The zero-order valence-electron chi connectivity index (χ0n) is 62.5. The summed E-state index contributed by atoms with van der Waals surface area (Å²) in [6, 6.07) is -0.988. The highest BCUT2D eigenvalue weighted by atomic mass is 16.8. The Bertz CT molecular complexity index is 1880. The molecule has 1 amide bonds. The Kier molecular flexibility index (Phi) is 56.8. The summed E-state index contributed by atoms with van der Waals surface area (Å²) in [6.45, 7) is 1.78. The van der Waals surface area contributed by atoms with Gasteiger partial charge in [0.05, 0.1) is 38.6 Å². The molecule has 3 aliphatic rings. The van der Waals surface area contributed by atoms with Crippen molar-refractivity contribution in [3.8, 4) is 0 Å². The minimum Gasteiger partial charge on any atom is -0.394 e. The monoisotopic (exact) mass is 1410 g/mol. The van der Waals surface area contributed by atoms with Crippen LogP contribution in [0.15, 0.2) is 24.3 Å². The van der Waals surface area contributed by atoms with Crippen LogP contribution in [0, 0.1) is 0 Å². The van der Waals surface area contributed by atoms with Crippen LogP contribution in [0.25, 0.3) is 0 Å². The van der Waals surface area contributed by atoms with E-state index < -0.39 is 124 Å². The lowest BCUT2D eigenvalue weighted by Gasteiger charge is -2.48. The molecule has 3 aliphatic heterocycles. The van der Waals surface area contributed by atoms with Crippen LogP contribution in [0.1, 0.15) is 348 Å². The van der Waals surface area contributed by atoms with Crippen molar-refractivity contribution in [1.29, 1.82) is 0 Å². The summed E-state index contributed by atoms with van der Waals surface area (Å²) in [6.07, 6.45) is 47.5. The number of unbranched alkanes of at least 4 members (excludes halogenated alkanes) is 48. The second-order valence-electron chi connectivity index (χ2n) is 29.6. The maximum absolute atomic E-state index is 13.5. The number of hydrogen-bond acceptors (Lipinski definition) is 18. The van der Waals surface area contributed by atoms with Gasteiger partial charge in [-0.25, -0.2) is 0 Å². The molecule has 17 unspecified atom stereocenters. The number of ether oxygens (including phenoxy) is 6. The van der Waals surface area contributed by atoms with Gasteiger partial charge in [-0.15, -0.1) is 0 Å². The highest BCUT2D eigenvalue weighted by molar-refractivity contribution is 5.76. The molecule has 0 aromatic heterocycles. The lowest BCUT2D eigenvalue weighted by atomic mass is 9.96. The Balaban J connectivity index is 1.37. The van der Waals surface area contributed by atoms with Gasteiger partial charge >= 0.3 is 0 Å². The first-order valence-electron chi connectivity index (χ1n) is 41.1. The van der Waals surface area contributed by atoms with Crippen molar-refractivity contribution in [1.82, 2.24) is 5.32 Å². The highest BCUT2D eigenvalue weighted by Crippen LogP contribution is 2.33. The van der Waals surface area contributed by atoms with Crippen molar-refractivity contribution in [3.63, 3.8) is 0 Å². The molecule has 0 aromatic rings. The van der Waals surface area contributed by atoms with E-state index in [2.05, 4.69) is 31.3 Å². The third-order valence-corrected chi connectivity index (χ3v) is 20.8. The molecule has 12 N–H and O–H groups in total. The Morgan fingerprint density at radius 2 is 0.646 bits per heavy atom. The Labute approximate surface area is 600 Å². The fourth-order valence-electron chi connectivity index (χ4n) is 14.2. The minimum absolute atomic E-state index is 0.241. The number of amides is 1. The first-order valence-corrected chi connectivity index (χ1v) is 41.1. The molecule has 99 heavy (non-hydrogen) atoms. The van der Waals surface area contributed by atoms with Crippen molar-refractivity contribution in [2.45, 2.75) is 452 Å². The molecule has 17 atom stereocenters. The number of carbonyl (C=O) groups is 1. The van der Waals surface area contributed by atoms with E-state index in [9.17, 15) is 61.0 Å². The summed E-state index contributed by atoms with van der Waals surface area (Å²) in [7, 11) is 0. The summed E-state index contributed by atoms with van der Waals surface area (Å²) in [5, 5.41) is 121. The topological polar surface area (TPSA) is 307 Å². The second-order valence-corrected chi connectivity index (χ2v) is 29.6. The first kappa shape index (κ1) is 91.5. The van der Waals surface area contributed by atoms with E-state index in [1.54, 1.807) is 6.08 Å². The highest BCUT2D eigenvalue weighted by Gasteiger charge is 2.54. The quantitative estimate of drug-likeness (QED) is 0.0199. The largest absolute Gasteiger partial charge is 0.394 e. The van der Waals surface area contributed by atoms with Gasteiger partial charge in [0.1, 0.15) is 73.2 Å². The lowest BCUT2D eigenvalue weighted by Crippen LogP contribution is -2.66. The van der Waals surface area contributed by atoms with Crippen molar-refractivity contribution >= 4 is 5.91 Å². The number of aliphatic hydroxyl groups is 11. The molecule has 19 heteroatoms. The number of carbonyl (C=O) groups excluding carboxylic acids is 1. The van der Waals surface area contributed by atoms with Crippen LogP contribution in [-0.2, 0) is 33.2 Å². The molecule has 0 aromatic carbocycles. The van der Waals surface area contributed by atoms with E-state index in [4.69, 9.17) is 28.4 Å². The normalized spacial score (nSPS) is 26.7. The third kappa shape index (κ3) is 41.7. The number of aliphatic hydroxyl groups excluding tert-OH is 11. The summed E-state index contributed by atoms with van der Waals surface area (Å²) in [4.78, 5) is 13.5. The molecular formula is C80H151NO18. The summed E-state index contributed by atoms with van der Waals surface area (Å²) in [5.41, 5.74) is 0. The number of nitrogens with one attached hydrogen (secondary N) is 1. The van der Waals surface area contributed by atoms with E-state index in [1.807, 2.05) is 6.08 Å². The van der Waals surface area contributed by atoms with Crippen molar-refractivity contribution in [3.05, 3.63) is 24.3 Å². The van der Waals surface area contributed by atoms with Crippen molar-refractivity contribution < 1.29 is 89.4 Å². The average Bonchev–Trinajstić information content (AvgIpc) is 0.882. The number of hydrogen-bond donors (Lipinski definition) is 12. The standard InChI is InChI=1S/C80H151NO18/c1-3-5-7-9-11-13-15-17-19-21-23-25-27-29-30-31-32-33-34-36-38-40-42-44-46-48-50-52-54-56-58-68(86)81-63(64(85)57-55-53-51-49-47-45-43-41-39-37-35-28-26-24-22-20-18-16-14-12-10-8-6-4-2)62-94-78-74(92)71(89)76(66(60-83)96-78)99-80-75(93)72(90)77(67(61-84)97-80)98-79-73(91)70(88)69(87)65(59-82)95-79/h47,49,55,57,63-67,69-80,82-85,87-93H,3-46,48,50-54,56,58-62H2,1-2H3,(H,81,86)/b49-47+,57-55+. The molecule has 0 aliphatic carbocycles. The fraction of sp³-hybridized carbons (Fsp3) is 0.938. The van der Waals surface area contributed by atoms with Crippen LogP contribution in [-0.4, -0.2) is 193 Å². The van der Waals surface area contributed by atoms with Gasteiger partial charge in [0.15, 0.2) is 18.9 Å². The Hall–Kier alpha value is -1.73. The van der Waals surface area contributed by atoms with Crippen LogP contribution in [0.2, 0.25) is 0 Å². The van der Waals surface area contributed by atoms with Crippen LogP contribution >= 0.6 is 0 Å². The van der Waals surface area contributed by atoms with E-state index >= 15 is 0 Å². The summed E-state index contributed by atoms with van der Waals surface area (Å²) >= 11 is 0. The van der Waals surface area contributed by atoms with Crippen LogP contribution in [0.3, 0.4) is 0 Å². The van der Waals surface area contributed by atoms with Gasteiger partial charge < -0.3 is 89.9 Å². The summed E-state index contributed by atoms with van der Waals surface area (Å²) < 4.78 is 34.4. The van der Waals surface area contributed by atoms with Gasteiger partial charge in [0.25, 0.3) is 0 Å². The summed E-state index contributed by atoms with van der Waals surface area (Å²) in [5.74, 6) is -0.277. The molecule has 19 nitrogen and oxygen atoms in total. The zero-order chi connectivity index (χ0) is 71.8. The van der Waals surface area contributed by atoms with Crippen LogP contribution in [0.4, 0.5) is 0 Å². The second kappa shape index (κ2) is 61.4. The van der Waals surface area contributed by atoms with Crippen LogP contribution < -0.4 is 5.32 Å². The van der Waals surface area contributed by atoms with Gasteiger partial charge in [-0.05, 0) is 32.1 Å². The predicted octanol–water partition coefficient (Wildman–Crippen LogP) is 13.7. The molecule has 0 saturated carbocycles. The van der Waals surface area contributed by atoms with Crippen LogP contribution in [0.5, 0.6) is 0 Å². The van der Waals surface area contributed by atoms with Gasteiger partial charge in [-0.2, -0.15) is 0 Å². The SMILES string of the molecule is CCCCCCCCCCCCCCCCCCCC/C=C/CC/C=C/C(O)C(COC1OC(CO)C(OC2OC(CO)C(OC3OC(CO)C(O)C(O)C3O)C(O)C2O)C(O)C1O)NC(=O)CCCCCCCCCCCCCCCCCCCCCCCCCCCCCCCC. The molecule has 0 radical (unpaired) electrons. The number of allylic oxidation sites excluding steroid dienone is 3. The maximum atomic E-state index is 13.5. The smallest absolute Gasteiger partial charge is 0.220 e. The predicted molar refractivity (Wildman–Crippen MR) is 393 cm³/mol. The molecule has 3 saturated heterocycles. The molecule has 584 valence electrons. The van der Waals surface area contributed by atoms with Gasteiger partial charge in [-0.1, -0.05) is 334 Å². The van der Waals surface area contributed by atoms with Gasteiger partial charge in [0.2, 0.25) is 5.91 Å². The molecular weight excluding hydrogens is 1260 g/mol. The van der Waals surface area contributed by atoms with E-state index in [1.165, 1.54) is 276 Å². The molecule has 0 bridgehead atoms. The Morgan fingerprint density at radius 3 is 1.01 bits per heavy atom. The zero-order valence-corrected chi connectivity index (χ0v) is 62.5. The van der Waals surface area contributed by atoms with Crippen molar-refractivity contribution in [2.75, 3.05) is 26.4 Å². The average molecular weight is 1420 g/mol. The third-order valence-electron chi connectivity index (χ3n) is 20.8. The molecule has 3 heterocycles. The number of rotatable bonds is 66. The van der Waals surface area contributed by atoms with E-state index in [-0.39, 0.29) is 18.9 Å². The molecule has 3 rings (SSSR count). The minimum atomic E-state index is -1.98. The molecule has 0 spiro atoms. The van der Waals surface area contributed by atoms with Gasteiger partial charge in [0, 0.05) is 6.42 Å².